The van der Waals surface area contributed by atoms with E-state index in [1.54, 1.807) is 0 Å². The summed E-state index contributed by atoms with van der Waals surface area (Å²) in [4.78, 5) is 2.56. The van der Waals surface area contributed by atoms with Crippen molar-refractivity contribution in [3.05, 3.63) is 30.3 Å². The van der Waals surface area contributed by atoms with Gasteiger partial charge in [-0.25, -0.2) is 0 Å². The number of anilines is 1. The first-order chi connectivity index (χ1) is 9.07. The molecule has 2 heteroatoms. The maximum absolute atomic E-state index is 6.20. The standard InChI is InChI=1S/C17H28N2/c1-4-5-13-19(15-9-7-6-8-10-15)17(3,14-18)16(2)11-12-16/h6-10H,4-5,11-14,18H2,1-3H3. The van der Waals surface area contributed by atoms with Crippen LogP contribution in [0.15, 0.2) is 30.3 Å². The quantitative estimate of drug-likeness (QED) is 0.807. The lowest BCUT2D eigenvalue weighted by molar-refractivity contribution is 0.276. The van der Waals surface area contributed by atoms with Crippen molar-refractivity contribution in [2.75, 3.05) is 18.0 Å². The molecule has 0 bridgehead atoms. The lowest BCUT2D eigenvalue weighted by Gasteiger charge is -2.47. The Morgan fingerprint density at radius 2 is 1.89 bits per heavy atom. The van der Waals surface area contributed by atoms with Crippen molar-refractivity contribution in [3.63, 3.8) is 0 Å². The molecule has 0 aromatic heterocycles. The van der Waals surface area contributed by atoms with Crippen LogP contribution in [0.5, 0.6) is 0 Å². The zero-order valence-corrected chi connectivity index (χ0v) is 12.7. The number of hydrogen-bond acceptors (Lipinski definition) is 2. The third-order valence-corrected chi connectivity index (χ3v) is 5.10. The van der Waals surface area contributed by atoms with E-state index in [4.69, 9.17) is 5.73 Å². The van der Waals surface area contributed by atoms with Gasteiger partial charge in [0.25, 0.3) is 0 Å². The van der Waals surface area contributed by atoms with Gasteiger partial charge in [-0.3, -0.25) is 0 Å². The Hall–Kier alpha value is -1.02. The Kier molecular flexibility index (Phi) is 4.19. The first-order valence-corrected chi connectivity index (χ1v) is 7.60. The average Bonchev–Trinajstić information content (AvgIpc) is 3.19. The number of hydrogen-bond donors (Lipinski definition) is 1. The normalized spacial score (nSPS) is 19.8. The minimum atomic E-state index is 0.0729. The van der Waals surface area contributed by atoms with E-state index in [-0.39, 0.29) is 5.54 Å². The van der Waals surface area contributed by atoms with Crippen molar-refractivity contribution in [2.45, 2.75) is 52.0 Å². The van der Waals surface area contributed by atoms with E-state index in [2.05, 4.69) is 56.0 Å². The summed E-state index contributed by atoms with van der Waals surface area (Å²) in [5, 5.41) is 0. The fourth-order valence-corrected chi connectivity index (χ4v) is 2.99. The first kappa shape index (κ1) is 14.4. The molecule has 2 nitrogen and oxygen atoms in total. The second-order valence-electron chi connectivity index (χ2n) is 6.38. The highest BCUT2D eigenvalue weighted by atomic mass is 15.2. The number of para-hydroxylation sites is 1. The predicted molar refractivity (Wildman–Crippen MR) is 83.5 cm³/mol. The number of nitrogens with two attached hydrogens (primary N) is 1. The van der Waals surface area contributed by atoms with E-state index in [9.17, 15) is 0 Å². The monoisotopic (exact) mass is 260 g/mol. The van der Waals surface area contributed by atoms with Gasteiger partial charge in [-0.1, -0.05) is 38.5 Å². The largest absolute Gasteiger partial charge is 0.364 e. The molecule has 0 radical (unpaired) electrons. The highest BCUT2D eigenvalue weighted by Crippen LogP contribution is 2.56. The number of unbranched alkanes of at least 4 members (excludes halogenated alkanes) is 1. The lowest BCUT2D eigenvalue weighted by atomic mass is 9.81. The molecule has 0 spiro atoms. The fourth-order valence-electron chi connectivity index (χ4n) is 2.99. The summed E-state index contributed by atoms with van der Waals surface area (Å²) in [7, 11) is 0. The summed E-state index contributed by atoms with van der Waals surface area (Å²) in [6.45, 7) is 8.82. The van der Waals surface area contributed by atoms with Gasteiger partial charge in [0.1, 0.15) is 0 Å². The van der Waals surface area contributed by atoms with Crippen LogP contribution < -0.4 is 10.6 Å². The summed E-state index contributed by atoms with van der Waals surface area (Å²) in [5.74, 6) is 0. The zero-order valence-electron chi connectivity index (χ0n) is 12.7. The molecule has 0 aliphatic heterocycles. The Labute approximate surface area is 118 Å². The van der Waals surface area contributed by atoms with Crippen LogP contribution in [0, 0.1) is 5.41 Å². The molecule has 1 aliphatic carbocycles. The second-order valence-corrected chi connectivity index (χ2v) is 6.38. The van der Waals surface area contributed by atoms with Gasteiger partial charge in [-0.15, -0.1) is 0 Å². The van der Waals surface area contributed by atoms with E-state index < -0.39 is 0 Å². The second kappa shape index (κ2) is 5.54. The van der Waals surface area contributed by atoms with E-state index in [0.717, 1.165) is 13.1 Å². The molecule has 19 heavy (non-hydrogen) atoms. The molecule has 1 unspecified atom stereocenters. The highest BCUT2D eigenvalue weighted by Gasteiger charge is 2.55. The van der Waals surface area contributed by atoms with Crippen LogP contribution in [0.1, 0.15) is 46.5 Å². The Balaban J connectivity index is 2.31. The topological polar surface area (TPSA) is 29.3 Å². The fraction of sp³-hybridized carbons (Fsp3) is 0.647. The molecule has 1 saturated carbocycles. The maximum Gasteiger partial charge on any atom is 0.0549 e. The van der Waals surface area contributed by atoms with Crippen molar-refractivity contribution in [1.29, 1.82) is 0 Å². The molecule has 1 fully saturated rings. The highest BCUT2D eigenvalue weighted by molar-refractivity contribution is 5.50. The molecular weight excluding hydrogens is 232 g/mol. The van der Waals surface area contributed by atoms with Gasteiger partial charge in [0.2, 0.25) is 0 Å². The summed E-state index contributed by atoms with van der Waals surface area (Å²) in [5.41, 5.74) is 7.97. The molecule has 106 valence electrons. The third-order valence-electron chi connectivity index (χ3n) is 5.10. The van der Waals surface area contributed by atoms with Crippen LogP contribution in [-0.2, 0) is 0 Å². The van der Waals surface area contributed by atoms with E-state index in [1.165, 1.54) is 31.4 Å². The average molecular weight is 260 g/mol. The molecule has 2 N–H and O–H groups in total. The summed E-state index contributed by atoms with van der Waals surface area (Å²) in [6, 6.07) is 10.8. The lowest BCUT2D eigenvalue weighted by Crippen LogP contribution is -2.57. The Bertz CT molecular complexity index is 397. The molecule has 0 amide bonds. The van der Waals surface area contributed by atoms with E-state index >= 15 is 0 Å². The predicted octanol–water partition coefficient (Wildman–Crippen LogP) is 3.81. The maximum atomic E-state index is 6.20. The summed E-state index contributed by atoms with van der Waals surface area (Å²) in [6.07, 6.45) is 5.05. The Morgan fingerprint density at radius 1 is 1.26 bits per heavy atom. The summed E-state index contributed by atoms with van der Waals surface area (Å²) < 4.78 is 0. The zero-order chi connectivity index (χ0) is 13.9. The number of benzene rings is 1. The first-order valence-electron chi connectivity index (χ1n) is 7.60. The van der Waals surface area contributed by atoms with Crippen LogP contribution in [-0.4, -0.2) is 18.6 Å². The minimum absolute atomic E-state index is 0.0729. The van der Waals surface area contributed by atoms with Crippen molar-refractivity contribution in [2.24, 2.45) is 11.1 Å². The van der Waals surface area contributed by atoms with Crippen LogP contribution in [0.3, 0.4) is 0 Å². The van der Waals surface area contributed by atoms with Gasteiger partial charge in [-0.05, 0) is 43.7 Å². The molecule has 0 heterocycles. The molecule has 1 atom stereocenters. The Morgan fingerprint density at radius 3 is 2.37 bits per heavy atom. The number of rotatable bonds is 7. The van der Waals surface area contributed by atoms with Crippen LogP contribution >= 0.6 is 0 Å². The smallest absolute Gasteiger partial charge is 0.0549 e. The minimum Gasteiger partial charge on any atom is -0.364 e. The molecule has 0 saturated heterocycles. The van der Waals surface area contributed by atoms with Crippen molar-refractivity contribution >= 4 is 5.69 Å². The van der Waals surface area contributed by atoms with Gasteiger partial charge in [-0.2, -0.15) is 0 Å². The molecule has 1 aliphatic rings. The van der Waals surface area contributed by atoms with Crippen molar-refractivity contribution < 1.29 is 0 Å². The molecular formula is C17H28N2. The third kappa shape index (κ3) is 2.64. The van der Waals surface area contributed by atoms with Crippen LogP contribution in [0.4, 0.5) is 5.69 Å². The van der Waals surface area contributed by atoms with Gasteiger partial charge >= 0.3 is 0 Å². The van der Waals surface area contributed by atoms with Gasteiger partial charge in [0, 0.05) is 18.8 Å². The molecule has 1 aromatic carbocycles. The van der Waals surface area contributed by atoms with Gasteiger partial charge in [0.15, 0.2) is 0 Å². The van der Waals surface area contributed by atoms with Gasteiger partial charge < -0.3 is 10.6 Å². The SMILES string of the molecule is CCCCN(c1ccccc1)C(C)(CN)C1(C)CC1. The van der Waals surface area contributed by atoms with Gasteiger partial charge in [0.05, 0.1) is 5.54 Å². The number of nitrogens with zero attached hydrogens (tertiary/aromatic N) is 1. The van der Waals surface area contributed by atoms with Crippen molar-refractivity contribution in [3.8, 4) is 0 Å². The molecule has 1 aromatic rings. The van der Waals surface area contributed by atoms with Crippen LogP contribution in [0.25, 0.3) is 0 Å². The van der Waals surface area contributed by atoms with E-state index in [0.29, 0.717) is 5.41 Å². The van der Waals surface area contributed by atoms with E-state index in [1.807, 2.05) is 0 Å². The van der Waals surface area contributed by atoms with Crippen molar-refractivity contribution in [1.82, 2.24) is 0 Å². The summed E-state index contributed by atoms with van der Waals surface area (Å²) >= 11 is 0. The van der Waals surface area contributed by atoms with Crippen LogP contribution in [0.2, 0.25) is 0 Å². The molecule has 2 rings (SSSR count).